The number of fused-ring (bicyclic) bond motifs is 2. The molecule has 1 aliphatic carbocycles. The number of likely N-dealkylation sites (tertiary alicyclic amines) is 1. The van der Waals surface area contributed by atoms with Gasteiger partial charge in [-0.1, -0.05) is 60.7 Å². The number of rotatable bonds is 8. The Balaban J connectivity index is 1.50. The average Bonchev–Trinajstić information content (AvgIpc) is 3.40. The summed E-state index contributed by atoms with van der Waals surface area (Å²) in [5, 5.41) is 24.9. The van der Waals surface area contributed by atoms with Gasteiger partial charge < -0.3 is 15.0 Å². The third kappa shape index (κ3) is 6.09. The van der Waals surface area contributed by atoms with Crippen molar-refractivity contribution in [3.05, 3.63) is 88.9 Å². The van der Waals surface area contributed by atoms with Gasteiger partial charge in [0, 0.05) is 64.9 Å². The van der Waals surface area contributed by atoms with Crippen molar-refractivity contribution in [2.75, 3.05) is 33.3 Å². The molecule has 3 aliphatic heterocycles. The van der Waals surface area contributed by atoms with Crippen LogP contribution in [0.5, 0.6) is 0 Å². The van der Waals surface area contributed by atoms with Crippen LogP contribution >= 0.6 is 11.6 Å². The van der Waals surface area contributed by atoms with Crippen LogP contribution in [0.1, 0.15) is 24.8 Å². The summed E-state index contributed by atoms with van der Waals surface area (Å²) < 4.78 is 37.6. The molecule has 4 aliphatic rings. The van der Waals surface area contributed by atoms with Gasteiger partial charge in [-0.15, -0.1) is 0 Å². The zero-order valence-electron chi connectivity index (χ0n) is 26.0. The number of carbonyl (C=O) groups is 1. The second-order valence-corrected chi connectivity index (χ2v) is 12.7. The molecule has 0 spiro atoms. The predicted octanol–water partition coefficient (Wildman–Crippen LogP) is 5.68. The van der Waals surface area contributed by atoms with E-state index in [0.29, 0.717) is 45.9 Å². The number of ketones is 1. The molecule has 8 nitrogen and oxygen atoms in total. The molecule has 4 unspecified atom stereocenters. The lowest BCUT2D eigenvalue weighted by Gasteiger charge is -2.47. The summed E-state index contributed by atoms with van der Waals surface area (Å²) in [6.07, 6.45) is 4.05. The Hall–Kier alpha value is -4.35. The lowest BCUT2D eigenvalue weighted by Crippen LogP contribution is -2.61. The zero-order valence-corrected chi connectivity index (χ0v) is 26.8. The minimum Gasteiger partial charge on any atom is -0.476 e. The van der Waals surface area contributed by atoms with Crippen molar-refractivity contribution in [3.8, 4) is 12.1 Å². The molecule has 3 heterocycles. The van der Waals surface area contributed by atoms with Gasteiger partial charge in [0.1, 0.15) is 30.7 Å². The number of carbonyl (C=O) groups excluding carboxylic acids is 1. The normalized spacial score (nSPS) is 27.7. The molecule has 242 valence electrons. The van der Waals surface area contributed by atoms with Gasteiger partial charge in [0.25, 0.3) is 0 Å². The van der Waals surface area contributed by atoms with Gasteiger partial charge in [0.05, 0.1) is 25.0 Å². The van der Waals surface area contributed by atoms with Crippen molar-refractivity contribution in [2.24, 2.45) is 10.9 Å². The second kappa shape index (κ2) is 13.8. The number of nitrogens with one attached hydrogen (secondary N) is 1. The van der Waals surface area contributed by atoms with Gasteiger partial charge in [0.15, 0.2) is 5.78 Å². The van der Waals surface area contributed by atoms with Crippen LogP contribution < -0.4 is 5.32 Å². The smallest absolute Gasteiger partial charge is 0.215 e. The highest BCUT2D eigenvalue weighted by Crippen LogP contribution is 2.45. The first-order chi connectivity index (χ1) is 22.8. The summed E-state index contributed by atoms with van der Waals surface area (Å²) in [4.78, 5) is 22.0. The van der Waals surface area contributed by atoms with E-state index < -0.39 is 36.0 Å². The fourth-order valence-electron chi connectivity index (χ4n) is 7.31. The molecule has 6 atom stereocenters. The van der Waals surface area contributed by atoms with E-state index in [-0.39, 0.29) is 50.1 Å². The molecule has 2 fully saturated rings. The first-order valence-corrected chi connectivity index (χ1v) is 16.1. The number of hydrogen-bond acceptors (Lipinski definition) is 8. The van der Waals surface area contributed by atoms with Gasteiger partial charge >= 0.3 is 0 Å². The van der Waals surface area contributed by atoms with Gasteiger partial charge in [-0.2, -0.15) is 10.5 Å². The number of aliphatic imine (C=N–C) groups is 1. The molecule has 11 heteroatoms. The Morgan fingerprint density at radius 2 is 2.04 bits per heavy atom. The number of hydrogen-bond donors (Lipinski definition) is 1. The van der Waals surface area contributed by atoms with Crippen molar-refractivity contribution in [1.29, 1.82) is 10.5 Å². The summed E-state index contributed by atoms with van der Waals surface area (Å²) in [7, 11) is 1.82. The van der Waals surface area contributed by atoms with Crippen molar-refractivity contribution in [1.82, 2.24) is 15.1 Å². The number of alkyl halides is 1. The summed E-state index contributed by atoms with van der Waals surface area (Å²) in [6, 6.07) is 12.8. The summed E-state index contributed by atoms with van der Waals surface area (Å²) in [5.74, 6) is -1.38. The van der Waals surface area contributed by atoms with E-state index in [4.69, 9.17) is 21.3 Å². The van der Waals surface area contributed by atoms with Gasteiger partial charge in [0.2, 0.25) is 5.90 Å². The van der Waals surface area contributed by atoms with Crippen molar-refractivity contribution in [2.45, 2.75) is 49.6 Å². The van der Waals surface area contributed by atoms with Crippen LogP contribution in [0.4, 0.5) is 8.78 Å². The Bertz CT molecular complexity index is 1800. The van der Waals surface area contributed by atoms with E-state index in [1.165, 1.54) is 6.08 Å². The monoisotopic (exact) mass is 656 g/mol. The highest BCUT2D eigenvalue weighted by atomic mass is 35.5. The summed E-state index contributed by atoms with van der Waals surface area (Å²) in [5.41, 5.74) is 1.94. The molecule has 2 aromatic carbocycles. The lowest BCUT2D eigenvalue weighted by molar-refractivity contribution is -0.120. The molecular weight excluding hydrogens is 622 g/mol. The van der Waals surface area contributed by atoms with E-state index in [1.54, 1.807) is 12.1 Å². The number of allylic oxidation sites excluding steroid dienone is 2. The quantitative estimate of drug-likeness (QED) is 0.365. The molecule has 2 saturated heterocycles. The molecule has 6 rings (SSSR count). The Morgan fingerprint density at radius 3 is 2.74 bits per heavy atom. The van der Waals surface area contributed by atoms with E-state index in [0.717, 1.165) is 5.39 Å². The lowest BCUT2D eigenvalue weighted by atomic mass is 9.80. The standard InChI is InChI=1S/C36H35ClF2N6O2/c1-3-30(46)35-29(13-15-41)42-16-17-45(35)34-26-11-10-25(24-8-4-6-21-7-5-9-28(37)31(21)24)32(39)33(26)43-36(27(34)12-14-40)47-20-23-18-22(38)19-44(23)2/h3-11,22-23,26,29,33,35,42H,1,12-13,16-20H2,2H3/t22-,23+,26?,29?,33?,35?/m1/s1. The number of ether oxygens (including phenoxy) is 1. The number of piperazine rings is 1. The van der Waals surface area contributed by atoms with Crippen molar-refractivity contribution in [3.63, 3.8) is 0 Å². The highest BCUT2D eigenvalue weighted by Gasteiger charge is 2.46. The highest BCUT2D eigenvalue weighted by molar-refractivity contribution is 6.36. The summed E-state index contributed by atoms with van der Waals surface area (Å²) in [6.45, 7) is 4.88. The fourth-order valence-corrected chi connectivity index (χ4v) is 7.60. The van der Waals surface area contributed by atoms with Gasteiger partial charge in [-0.05, 0) is 36.6 Å². The number of nitriles is 2. The molecule has 0 aromatic heterocycles. The SMILES string of the molecule is C=CC(=O)C1C(CC#N)NCCN1C1=C(CC#N)C(OC[C@@H]2C[C@@H](F)CN2C)=NC2C(F)=C(c3cccc4cccc(Cl)c34)C=CC12. The van der Waals surface area contributed by atoms with E-state index >= 15 is 4.39 Å². The van der Waals surface area contributed by atoms with Crippen LogP contribution in [0.25, 0.3) is 16.3 Å². The third-order valence-corrected chi connectivity index (χ3v) is 9.82. The van der Waals surface area contributed by atoms with Crippen LogP contribution in [0.2, 0.25) is 5.02 Å². The van der Waals surface area contributed by atoms with Crippen LogP contribution in [0.3, 0.4) is 0 Å². The van der Waals surface area contributed by atoms with E-state index in [9.17, 15) is 19.7 Å². The van der Waals surface area contributed by atoms with Gasteiger partial charge in [-0.3, -0.25) is 9.69 Å². The van der Waals surface area contributed by atoms with Crippen LogP contribution in [0, 0.1) is 28.6 Å². The maximum atomic E-state index is 17.0. The van der Waals surface area contributed by atoms with Gasteiger partial charge in [-0.25, -0.2) is 13.8 Å². The van der Waals surface area contributed by atoms with Crippen molar-refractivity contribution < 1.29 is 18.3 Å². The maximum absolute atomic E-state index is 17.0. The predicted molar refractivity (Wildman–Crippen MR) is 178 cm³/mol. The Labute approximate surface area is 277 Å². The molecule has 0 radical (unpaired) electrons. The van der Waals surface area contributed by atoms with Crippen LogP contribution in [0.15, 0.2) is 83.3 Å². The van der Waals surface area contributed by atoms with Crippen LogP contribution in [-0.4, -0.2) is 85.1 Å². The molecular formula is C36H35ClF2N6O2. The minimum absolute atomic E-state index is 0.0572. The van der Waals surface area contributed by atoms with Crippen LogP contribution in [-0.2, 0) is 9.53 Å². The molecule has 47 heavy (non-hydrogen) atoms. The molecule has 0 amide bonds. The van der Waals surface area contributed by atoms with Crippen molar-refractivity contribution >= 4 is 39.6 Å². The Kier molecular flexibility index (Phi) is 9.56. The number of likely N-dealkylation sites (N-methyl/N-ethyl adjacent to an activating group) is 1. The first kappa shape index (κ1) is 32.6. The summed E-state index contributed by atoms with van der Waals surface area (Å²) >= 11 is 6.63. The zero-order chi connectivity index (χ0) is 33.2. The maximum Gasteiger partial charge on any atom is 0.215 e. The number of dihydropyridines is 1. The second-order valence-electron chi connectivity index (χ2n) is 12.3. The minimum atomic E-state index is -1.07. The third-order valence-electron chi connectivity index (χ3n) is 9.51. The number of nitrogens with zero attached hydrogens (tertiary/aromatic N) is 5. The topological polar surface area (TPSA) is 105 Å². The van der Waals surface area contributed by atoms with E-state index in [2.05, 4.69) is 24.0 Å². The average molecular weight is 657 g/mol. The molecule has 1 N–H and O–H groups in total. The largest absolute Gasteiger partial charge is 0.476 e. The molecule has 2 aromatic rings. The first-order valence-electron chi connectivity index (χ1n) is 15.7. The molecule has 0 bridgehead atoms. The number of benzene rings is 2. The Morgan fingerprint density at radius 1 is 1.26 bits per heavy atom. The number of halogens is 3. The fraction of sp³-hybridized carbons (Fsp3) is 0.389. The molecule has 0 saturated carbocycles. The van der Waals surface area contributed by atoms with E-state index in [1.807, 2.05) is 53.3 Å².